The van der Waals surface area contributed by atoms with E-state index in [9.17, 15) is 4.79 Å². The minimum atomic E-state index is -0.135. The number of unbranched alkanes of at least 4 members (excludes halogenated alkanes) is 1. The molecule has 2 rings (SSSR count). The molecular weight excluding hydrogens is 274 g/mol. The lowest BCUT2D eigenvalue weighted by Gasteiger charge is -2.12. The predicted molar refractivity (Wildman–Crippen MR) is 91.5 cm³/mol. The van der Waals surface area contributed by atoms with Gasteiger partial charge < -0.3 is 10.6 Å². The van der Waals surface area contributed by atoms with Gasteiger partial charge in [0.1, 0.15) is 0 Å². The van der Waals surface area contributed by atoms with Gasteiger partial charge in [-0.15, -0.1) is 0 Å². The van der Waals surface area contributed by atoms with Crippen LogP contribution in [0.2, 0.25) is 0 Å². The van der Waals surface area contributed by atoms with Crippen molar-refractivity contribution in [2.75, 3.05) is 17.2 Å². The molecule has 1 aromatic carbocycles. The Hall–Kier alpha value is -2.36. The Morgan fingerprint density at radius 2 is 1.91 bits per heavy atom. The number of hydrogen-bond donors (Lipinski definition) is 2. The van der Waals surface area contributed by atoms with E-state index in [1.165, 1.54) is 0 Å². The Labute approximate surface area is 132 Å². The van der Waals surface area contributed by atoms with E-state index < -0.39 is 0 Å². The number of pyridine rings is 1. The molecule has 4 heteroatoms. The fourth-order valence-electron chi connectivity index (χ4n) is 2.27. The van der Waals surface area contributed by atoms with Gasteiger partial charge in [-0.1, -0.05) is 31.5 Å². The lowest BCUT2D eigenvalue weighted by molar-refractivity contribution is 0.102. The van der Waals surface area contributed by atoms with Crippen LogP contribution in [-0.4, -0.2) is 17.4 Å². The van der Waals surface area contributed by atoms with Crippen molar-refractivity contribution in [3.63, 3.8) is 0 Å². The summed E-state index contributed by atoms with van der Waals surface area (Å²) in [6.07, 6.45) is 5.56. The summed E-state index contributed by atoms with van der Waals surface area (Å²) in [6.45, 7) is 7.02. The minimum Gasteiger partial charge on any atom is -0.384 e. The van der Waals surface area contributed by atoms with E-state index in [2.05, 4.69) is 22.5 Å². The quantitative estimate of drug-likeness (QED) is 0.787. The summed E-state index contributed by atoms with van der Waals surface area (Å²) in [5, 5.41) is 6.27. The van der Waals surface area contributed by atoms with Crippen molar-refractivity contribution in [1.82, 2.24) is 4.98 Å². The molecule has 0 bridgehead atoms. The third-order valence-corrected chi connectivity index (χ3v) is 3.58. The van der Waals surface area contributed by atoms with Gasteiger partial charge in [-0.3, -0.25) is 9.78 Å². The summed E-state index contributed by atoms with van der Waals surface area (Å²) in [7, 11) is 0. The van der Waals surface area contributed by atoms with E-state index in [1.807, 2.05) is 38.1 Å². The molecule has 2 aromatic rings. The SMILES string of the molecule is CCCCNc1cncc(C(=O)Nc2c(C)cccc2C)c1. The fourth-order valence-corrected chi connectivity index (χ4v) is 2.27. The highest BCUT2D eigenvalue weighted by molar-refractivity contribution is 6.05. The zero-order valence-corrected chi connectivity index (χ0v) is 13.4. The van der Waals surface area contributed by atoms with E-state index in [4.69, 9.17) is 0 Å². The first kappa shape index (κ1) is 16.0. The monoisotopic (exact) mass is 297 g/mol. The van der Waals surface area contributed by atoms with Gasteiger partial charge in [0, 0.05) is 24.6 Å². The van der Waals surface area contributed by atoms with Crippen LogP contribution >= 0.6 is 0 Å². The number of carbonyl (C=O) groups excluding carboxylic acids is 1. The van der Waals surface area contributed by atoms with Crippen molar-refractivity contribution in [3.05, 3.63) is 53.3 Å². The third-order valence-electron chi connectivity index (χ3n) is 3.58. The Morgan fingerprint density at radius 3 is 2.59 bits per heavy atom. The van der Waals surface area contributed by atoms with E-state index in [0.29, 0.717) is 5.56 Å². The Kier molecular flexibility index (Phi) is 5.53. The molecule has 0 fully saturated rings. The standard InChI is InChI=1S/C18H23N3O/c1-4-5-9-20-16-10-15(11-19-12-16)18(22)21-17-13(2)7-6-8-14(17)3/h6-8,10-12,20H,4-5,9H2,1-3H3,(H,21,22). The van der Waals surface area contributed by atoms with Gasteiger partial charge in [0.15, 0.2) is 0 Å². The molecule has 0 radical (unpaired) electrons. The smallest absolute Gasteiger partial charge is 0.257 e. The molecule has 0 aliphatic heterocycles. The second-order valence-electron chi connectivity index (χ2n) is 5.46. The maximum atomic E-state index is 12.4. The van der Waals surface area contributed by atoms with E-state index in [0.717, 1.165) is 41.9 Å². The van der Waals surface area contributed by atoms with Gasteiger partial charge >= 0.3 is 0 Å². The maximum Gasteiger partial charge on any atom is 0.257 e. The van der Waals surface area contributed by atoms with Crippen LogP contribution < -0.4 is 10.6 Å². The number of benzene rings is 1. The number of amides is 1. The second kappa shape index (κ2) is 7.59. The summed E-state index contributed by atoms with van der Waals surface area (Å²) in [5.41, 5.74) is 4.42. The maximum absolute atomic E-state index is 12.4. The van der Waals surface area contributed by atoms with Crippen molar-refractivity contribution < 1.29 is 4.79 Å². The molecule has 0 spiro atoms. The highest BCUT2D eigenvalue weighted by atomic mass is 16.1. The molecule has 0 aliphatic rings. The zero-order valence-electron chi connectivity index (χ0n) is 13.4. The molecule has 1 amide bonds. The number of aryl methyl sites for hydroxylation is 2. The molecular formula is C18H23N3O. The van der Waals surface area contributed by atoms with Crippen LogP contribution in [0, 0.1) is 13.8 Å². The lowest BCUT2D eigenvalue weighted by Crippen LogP contribution is -2.14. The highest BCUT2D eigenvalue weighted by Crippen LogP contribution is 2.20. The van der Waals surface area contributed by atoms with E-state index >= 15 is 0 Å². The van der Waals surface area contributed by atoms with E-state index in [1.54, 1.807) is 12.4 Å². The zero-order chi connectivity index (χ0) is 15.9. The Bertz CT molecular complexity index is 632. The third kappa shape index (κ3) is 4.07. The Balaban J connectivity index is 2.11. The summed E-state index contributed by atoms with van der Waals surface area (Å²) in [5.74, 6) is -0.135. The summed E-state index contributed by atoms with van der Waals surface area (Å²) >= 11 is 0. The number of para-hydroxylation sites is 1. The number of carbonyl (C=O) groups is 1. The first-order chi connectivity index (χ1) is 10.6. The van der Waals surface area contributed by atoms with Crippen LogP contribution in [0.3, 0.4) is 0 Å². The largest absolute Gasteiger partial charge is 0.384 e. The lowest BCUT2D eigenvalue weighted by atomic mass is 10.1. The summed E-state index contributed by atoms with van der Waals surface area (Å²) in [4.78, 5) is 16.6. The summed E-state index contributed by atoms with van der Waals surface area (Å²) in [6, 6.07) is 7.80. The van der Waals surface area contributed by atoms with Gasteiger partial charge in [0.05, 0.1) is 11.3 Å². The molecule has 116 valence electrons. The fraction of sp³-hybridized carbons (Fsp3) is 0.333. The average Bonchev–Trinajstić information content (AvgIpc) is 2.51. The second-order valence-corrected chi connectivity index (χ2v) is 5.46. The Morgan fingerprint density at radius 1 is 1.18 bits per heavy atom. The molecule has 1 heterocycles. The van der Waals surface area contributed by atoms with Crippen LogP contribution in [0.25, 0.3) is 0 Å². The molecule has 4 nitrogen and oxygen atoms in total. The topological polar surface area (TPSA) is 54.0 Å². The van der Waals surface area contributed by atoms with Gasteiger partial charge in [-0.25, -0.2) is 0 Å². The first-order valence-corrected chi connectivity index (χ1v) is 7.68. The van der Waals surface area contributed by atoms with Crippen LogP contribution in [-0.2, 0) is 0 Å². The van der Waals surface area contributed by atoms with Gasteiger partial charge in [0.2, 0.25) is 0 Å². The molecule has 22 heavy (non-hydrogen) atoms. The van der Waals surface area contributed by atoms with Crippen LogP contribution in [0.15, 0.2) is 36.7 Å². The van der Waals surface area contributed by atoms with Crippen molar-refractivity contribution in [1.29, 1.82) is 0 Å². The molecule has 0 atom stereocenters. The molecule has 0 saturated carbocycles. The average molecular weight is 297 g/mol. The molecule has 1 aromatic heterocycles. The van der Waals surface area contributed by atoms with Crippen LogP contribution in [0.5, 0.6) is 0 Å². The molecule has 0 aliphatic carbocycles. The molecule has 2 N–H and O–H groups in total. The van der Waals surface area contributed by atoms with Gasteiger partial charge in [-0.05, 0) is 37.5 Å². The van der Waals surface area contributed by atoms with Crippen molar-refractivity contribution in [3.8, 4) is 0 Å². The number of hydrogen-bond acceptors (Lipinski definition) is 3. The van der Waals surface area contributed by atoms with Crippen LogP contribution in [0.1, 0.15) is 41.3 Å². The normalized spacial score (nSPS) is 10.3. The van der Waals surface area contributed by atoms with Gasteiger partial charge in [0.25, 0.3) is 5.91 Å². The number of nitrogens with zero attached hydrogens (tertiary/aromatic N) is 1. The number of nitrogens with one attached hydrogen (secondary N) is 2. The first-order valence-electron chi connectivity index (χ1n) is 7.68. The summed E-state index contributed by atoms with van der Waals surface area (Å²) < 4.78 is 0. The van der Waals surface area contributed by atoms with Gasteiger partial charge in [-0.2, -0.15) is 0 Å². The van der Waals surface area contributed by atoms with E-state index in [-0.39, 0.29) is 5.91 Å². The predicted octanol–water partition coefficient (Wildman–Crippen LogP) is 4.16. The molecule has 0 unspecified atom stereocenters. The van der Waals surface area contributed by atoms with Crippen molar-refractivity contribution in [2.45, 2.75) is 33.6 Å². The number of rotatable bonds is 6. The van der Waals surface area contributed by atoms with Crippen molar-refractivity contribution in [2.24, 2.45) is 0 Å². The number of anilines is 2. The number of aromatic nitrogens is 1. The minimum absolute atomic E-state index is 0.135. The van der Waals surface area contributed by atoms with Crippen molar-refractivity contribution >= 4 is 17.3 Å². The molecule has 0 saturated heterocycles. The van der Waals surface area contributed by atoms with Crippen LogP contribution in [0.4, 0.5) is 11.4 Å². The highest BCUT2D eigenvalue weighted by Gasteiger charge is 2.10.